The first-order valence-corrected chi connectivity index (χ1v) is 4.89. The van der Waals surface area contributed by atoms with Gasteiger partial charge < -0.3 is 10.1 Å². The van der Waals surface area contributed by atoms with Crippen LogP contribution in [0.2, 0.25) is 0 Å². The van der Waals surface area contributed by atoms with E-state index in [1.807, 2.05) is 6.92 Å². The predicted octanol–water partition coefficient (Wildman–Crippen LogP) is -0.367. The number of aromatic amines is 1. The number of nitrogens with one attached hydrogen (secondary N) is 2. The number of ether oxygens (including phenoxy) is 1. The summed E-state index contributed by atoms with van der Waals surface area (Å²) in [4.78, 5) is 11.2. The largest absolute Gasteiger partial charge is 0.382 e. The summed E-state index contributed by atoms with van der Waals surface area (Å²) in [7, 11) is 0. The molecule has 0 aliphatic carbocycles. The lowest BCUT2D eigenvalue weighted by atomic mass is 10.3. The van der Waals surface area contributed by atoms with Crippen LogP contribution in [0.1, 0.15) is 25.6 Å². The standard InChI is InChI=1S/C8H15N5O2/c1-2-15-5-3-4-8(14)9-6-7-10-12-13-11-7/h2-6H2,1H3,(H,9,14)(H,10,11,12,13). The van der Waals surface area contributed by atoms with Gasteiger partial charge >= 0.3 is 0 Å². The molecule has 1 amide bonds. The van der Waals surface area contributed by atoms with E-state index in [0.717, 1.165) is 6.42 Å². The summed E-state index contributed by atoms with van der Waals surface area (Å²) in [5, 5.41) is 15.8. The molecule has 1 aromatic rings. The van der Waals surface area contributed by atoms with Crippen LogP contribution in [-0.4, -0.2) is 39.7 Å². The molecular formula is C8H15N5O2. The Hall–Kier alpha value is -1.50. The number of tetrazole rings is 1. The normalized spacial score (nSPS) is 10.2. The van der Waals surface area contributed by atoms with Crippen molar-refractivity contribution in [2.45, 2.75) is 26.3 Å². The Kier molecular flexibility index (Phi) is 5.31. The molecule has 0 atom stereocenters. The van der Waals surface area contributed by atoms with Crippen molar-refractivity contribution < 1.29 is 9.53 Å². The summed E-state index contributed by atoms with van der Waals surface area (Å²) in [6, 6.07) is 0. The highest BCUT2D eigenvalue weighted by Crippen LogP contribution is 1.91. The van der Waals surface area contributed by atoms with Gasteiger partial charge in [-0.25, -0.2) is 0 Å². The molecule has 0 saturated carbocycles. The Labute approximate surface area is 87.6 Å². The average molecular weight is 213 g/mol. The smallest absolute Gasteiger partial charge is 0.220 e. The van der Waals surface area contributed by atoms with Crippen LogP contribution in [0.4, 0.5) is 0 Å². The van der Waals surface area contributed by atoms with E-state index in [4.69, 9.17) is 4.74 Å². The zero-order valence-corrected chi connectivity index (χ0v) is 8.69. The van der Waals surface area contributed by atoms with Gasteiger partial charge in [0.25, 0.3) is 0 Å². The van der Waals surface area contributed by atoms with E-state index in [1.54, 1.807) is 0 Å². The molecule has 0 fully saturated rings. The van der Waals surface area contributed by atoms with Gasteiger partial charge in [0.15, 0.2) is 5.82 Å². The van der Waals surface area contributed by atoms with Crippen LogP contribution < -0.4 is 5.32 Å². The Morgan fingerprint density at radius 1 is 1.60 bits per heavy atom. The second-order valence-corrected chi connectivity index (χ2v) is 2.91. The van der Waals surface area contributed by atoms with E-state index < -0.39 is 0 Å². The minimum atomic E-state index is -0.0282. The van der Waals surface area contributed by atoms with Crippen molar-refractivity contribution in [3.8, 4) is 0 Å². The summed E-state index contributed by atoms with van der Waals surface area (Å²) in [5.74, 6) is 0.452. The number of carbonyl (C=O) groups is 1. The molecule has 2 N–H and O–H groups in total. The average Bonchev–Trinajstić information content (AvgIpc) is 2.74. The van der Waals surface area contributed by atoms with Crippen LogP contribution in [0.3, 0.4) is 0 Å². The van der Waals surface area contributed by atoms with E-state index in [-0.39, 0.29) is 5.91 Å². The van der Waals surface area contributed by atoms with E-state index in [1.165, 1.54) is 0 Å². The number of hydrogen-bond acceptors (Lipinski definition) is 5. The van der Waals surface area contributed by atoms with Crippen molar-refractivity contribution in [3.63, 3.8) is 0 Å². The first-order chi connectivity index (χ1) is 7.33. The monoisotopic (exact) mass is 213 g/mol. The van der Waals surface area contributed by atoms with Crippen molar-refractivity contribution >= 4 is 5.91 Å². The highest BCUT2D eigenvalue weighted by Gasteiger charge is 2.03. The van der Waals surface area contributed by atoms with Gasteiger partial charge in [-0.2, -0.15) is 5.21 Å². The molecule has 0 unspecified atom stereocenters. The molecule has 0 radical (unpaired) electrons. The third-order valence-electron chi connectivity index (χ3n) is 1.73. The first-order valence-electron chi connectivity index (χ1n) is 4.89. The van der Waals surface area contributed by atoms with Crippen LogP contribution in [0.5, 0.6) is 0 Å². The molecule has 0 bridgehead atoms. The molecular weight excluding hydrogens is 198 g/mol. The Balaban J connectivity index is 2.04. The van der Waals surface area contributed by atoms with Gasteiger partial charge in [0, 0.05) is 19.6 Å². The summed E-state index contributed by atoms with van der Waals surface area (Å²) >= 11 is 0. The first kappa shape index (κ1) is 11.6. The number of aromatic nitrogens is 4. The summed E-state index contributed by atoms with van der Waals surface area (Å²) in [6.07, 6.45) is 1.18. The number of nitrogens with zero attached hydrogens (tertiary/aromatic N) is 3. The molecule has 0 saturated heterocycles. The number of carbonyl (C=O) groups excluding carboxylic acids is 1. The summed E-state index contributed by atoms with van der Waals surface area (Å²) < 4.78 is 5.11. The number of amides is 1. The quantitative estimate of drug-likeness (QED) is 0.603. The van der Waals surface area contributed by atoms with E-state index in [2.05, 4.69) is 25.9 Å². The topological polar surface area (TPSA) is 92.8 Å². The third kappa shape index (κ3) is 5.06. The van der Waals surface area contributed by atoms with Gasteiger partial charge in [0.05, 0.1) is 6.54 Å². The highest BCUT2D eigenvalue weighted by atomic mass is 16.5. The van der Waals surface area contributed by atoms with Crippen molar-refractivity contribution in [1.29, 1.82) is 0 Å². The van der Waals surface area contributed by atoms with Gasteiger partial charge in [-0.1, -0.05) is 5.21 Å². The maximum absolute atomic E-state index is 11.2. The molecule has 7 heteroatoms. The van der Waals surface area contributed by atoms with Crippen LogP contribution in [0, 0.1) is 0 Å². The van der Waals surface area contributed by atoms with Gasteiger partial charge in [-0.05, 0) is 13.3 Å². The molecule has 1 rings (SSSR count). The maximum Gasteiger partial charge on any atom is 0.220 e. The lowest BCUT2D eigenvalue weighted by Gasteiger charge is -2.02. The second kappa shape index (κ2) is 6.88. The van der Waals surface area contributed by atoms with Crippen LogP contribution >= 0.6 is 0 Å². The second-order valence-electron chi connectivity index (χ2n) is 2.91. The molecule has 7 nitrogen and oxygen atoms in total. The minimum Gasteiger partial charge on any atom is -0.382 e. The lowest BCUT2D eigenvalue weighted by molar-refractivity contribution is -0.121. The zero-order valence-electron chi connectivity index (χ0n) is 8.69. The van der Waals surface area contributed by atoms with Crippen molar-refractivity contribution in [1.82, 2.24) is 25.9 Å². The molecule has 0 spiro atoms. The van der Waals surface area contributed by atoms with Crippen molar-refractivity contribution in [2.24, 2.45) is 0 Å². The van der Waals surface area contributed by atoms with E-state index >= 15 is 0 Å². The summed E-state index contributed by atoms with van der Waals surface area (Å²) in [5.41, 5.74) is 0. The van der Waals surface area contributed by atoms with Crippen LogP contribution in [0.15, 0.2) is 0 Å². The zero-order chi connectivity index (χ0) is 10.9. The lowest BCUT2D eigenvalue weighted by Crippen LogP contribution is -2.23. The Bertz CT molecular complexity index is 275. The third-order valence-corrected chi connectivity index (χ3v) is 1.73. The number of hydrogen-bond donors (Lipinski definition) is 2. The van der Waals surface area contributed by atoms with Crippen molar-refractivity contribution in [2.75, 3.05) is 13.2 Å². The number of H-pyrrole nitrogens is 1. The molecule has 1 aromatic heterocycles. The molecule has 1 heterocycles. The fourth-order valence-electron chi connectivity index (χ4n) is 1.00. The van der Waals surface area contributed by atoms with E-state index in [9.17, 15) is 4.79 Å². The minimum absolute atomic E-state index is 0.0282. The fourth-order valence-corrected chi connectivity index (χ4v) is 1.00. The molecule has 0 aliphatic heterocycles. The molecule has 84 valence electrons. The SMILES string of the molecule is CCOCCCC(=O)NCc1nn[nH]n1. The van der Waals surface area contributed by atoms with Gasteiger partial charge in [0.1, 0.15) is 0 Å². The van der Waals surface area contributed by atoms with Crippen LogP contribution in [-0.2, 0) is 16.1 Å². The molecule has 15 heavy (non-hydrogen) atoms. The number of rotatable bonds is 7. The highest BCUT2D eigenvalue weighted by molar-refractivity contribution is 5.75. The van der Waals surface area contributed by atoms with Gasteiger partial charge in [-0.3, -0.25) is 4.79 Å². The van der Waals surface area contributed by atoms with Crippen LogP contribution in [0.25, 0.3) is 0 Å². The summed E-state index contributed by atoms with van der Waals surface area (Å²) in [6.45, 7) is 3.54. The maximum atomic E-state index is 11.2. The van der Waals surface area contributed by atoms with E-state index in [0.29, 0.717) is 32.0 Å². The predicted molar refractivity (Wildman–Crippen MR) is 51.8 cm³/mol. The Morgan fingerprint density at radius 3 is 3.13 bits per heavy atom. The molecule has 0 aliphatic rings. The Morgan fingerprint density at radius 2 is 2.47 bits per heavy atom. The van der Waals surface area contributed by atoms with Gasteiger partial charge in [0.2, 0.25) is 5.91 Å². The van der Waals surface area contributed by atoms with Crippen molar-refractivity contribution in [3.05, 3.63) is 5.82 Å². The molecule has 0 aromatic carbocycles. The van der Waals surface area contributed by atoms with Gasteiger partial charge in [-0.15, -0.1) is 10.2 Å². The fraction of sp³-hybridized carbons (Fsp3) is 0.750.